The second-order valence-corrected chi connectivity index (χ2v) is 7.33. The van der Waals surface area contributed by atoms with E-state index in [4.69, 9.17) is 0 Å². The van der Waals surface area contributed by atoms with Crippen molar-refractivity contribution in [3.8, 4) is 0 Å². The van der Waals surface area contributed by atoms with E-state index in [1.54, 1.807) is 19.1 Å². The van der Waals surface area contributed by atoms with Crippen molar-refractivity contribution in [1.82, 2.24) is 5.32 Å². The molecule has 19 heavy (non-hydrogen) atoms. The van der Waals surface area contributed by atoms with E-state index >= 15 is 0 Å². The second-order valence-electron chi connectivity index (χ2n) is 5.05. The summed E-state index contributed by atoms with van der Waals surface area (Å²) in [4.78, 5) is 2.54. The molecule has 5 heteroatoms. The lowest BCUT2D eigenvalue weighted by atomic mass is 10.3. The highest BCUT2D eigenvalue weighted by Gasteiger charge is 2.19. The van der Waals surface area contributed by atoms with Gasteiger partial charge in [-0.2, -0.15) is 0 Å². The van der Waals surface area contributed by atoms with Gasteiger partial charge in [-0.1, -0.05) is 6.92 Å². The fourth-order valence-electron chi connectivity index (χ4n) is 1.93. The normalized spacial score (nSPS) is 15.5. The maximum absolute atomic E-state index is 11.7. The summed E-state index contributed by atoms with van der Waals surface area (Å²) in [5.41, 5.74) is 1.05. The topological polar surface area (TPSA) is 49.4 Å². The predicted octanol–water partition coefficient (Wildman–Crippen LogP) is 1.67. The van der Waals surface area contributed by atoms with Crippen LogP contribution in [-0.4, -0.2) is 40.3 Å². The summed E-state index contributed by atoms with van der Waals surface area (Å²) >= 11 is 0. The molecule has 0 aromatic heterocycles. The molecule has 0 saturated heterocycles. The molecule has 1 aromatic rings. The molecule has 0 unspecified atom stereocenters. The van der Waals surface area contributed by atoms with Crippen LogP contribution in [0.25, 0.3) is 0 Å². The van der Waals surface area contributed by atoms with Gasteiger partial charge in [-0.25, -0.2) is 8.42 Å². The summed E-state index contributed by atoms with van der Waals surface area (Å²) in [5.74, 6) is 0.146. The van der Waals surface area contributed by atoms with Crippen molar-refractivity contribution in [3.63, 3.8) is 0 Å². The first-order valence-electron chi connectivity index (χ1n) is 6.80. The van der Waals surface area contributed by atoms with Crippen molar-refractivity contribution in [2.24, 2.45) is 0 Å². The number of rotatable bonds is 7. The number of sulfone groups is 1. The predicted molar refractivity (Wildman–Crippen MR) is 78.5 cm³/mol. The first kappa shape index (κ1) is 14.3. The molecular weight excluding hydrogens is 260 g/mol. The number of nitrogens with one attached hydrogen (secondary N) is 1. The molecule has 0 amide bonds. The third-order valence-electron chi connectivity index (χ3n) is 3.47. The van der Waals surface area contributed by atoms with Gasteiger partial charge >= 0.3 is 0 Å². The number of likely N-dealkylation sites (N-methyl/N-ethyl adjacent to an activating group) is 1. The molecule has 1 aromatic carbocycles. The fraction of sp³-hybridized carbons (Fsp3) is 0.571. The maximum atomic E-state index is 11.7. The van der Waals surface area contributed by atoms with Gasteiger partial charge in [-0.05, 0) is 37.1 Å². The van der Waals surface area contributed by atoms with Crippen LogP contribution in [0.2, 0.25) is 0 Å². The van der Waals surface area contributed by atoms with E-state index in [9.17, 15) is 8.42 Å². The molecule has 2 rings (SSSR count). The number of benzene rings is 1. The number of hydrogen-bond acceptors (Lipinski definition) is 4. The Hall–Kier alpha value is -1.07. The molecule has 0 atom stereocenters. The van der Waals surface area contributed by atoms with E-state index in [2.05, 4.69) is 10.2 Å². The summed E-state index contributed by atoms with van der Waals surface area (Å²) in [6, 6.07) is 7.86. The van der Waals surface area contributed by atoms with Crippen LogP contribution in [0, 0.1) is 0 Å². The minimum absolute atomic E-state index is 0.146. The number of nitrogens with zero attached hydrogens (tertiary/aromatic N) is 1. The number of hydrogen-bond donors (Lipinski definition) is 1. The Labute approximate surface area is 115 Å². The van der Waals surface area contributed by atoms with Gasteiger partial charge in [0.15, 0.2) is 9.84 Å². The number of anilines is 1. The zero-order chi connectivity index (χ0) is 13.9. The third-order valence-corrected chi connectivity index (χ3v) is 5.22. The van der Waals surface area contributed by atoms with Gasteiger partial charge in [0.05, 0.1) is 10.6 Å². The quantitative estimate of drug-likeness (QED) is 0.826. The van der Waals surface area contributed by atoms with Crippen LogP contribution < -0.4 is 10.2 Å². The molecule has 1 aliphatic rings. The van der Waals surface area contributed by atoms with Gasteiger partial charge in [-0.15, -0.1) is 0 Å². The van der Waals surface area contributed by atoms with E-state index < -0.39 is 9.84 Å². The Kier molecular flexibility index (Phi) is 4.47. The highest BCUT2D eigenvalue weighted by Crippen LogP contribution is 2.19. The third kappa shape index (κ3) is 3.94. The molecule has 1 aliphatic carbocycles. The fourth-order valence-corrected chi connectivity index (χ4v) is 2.81. The monoisotopic (exact) mass is 282 g/mol. The highest BCUT2D eigenvalue weighted by molar-refractivity contribution is 7.91. The molecular formula is C14H22N2O2S. The van der Waals surface area contributed by atoms with E-state index in [0.29, 0.717) is 4.90 Å². The highest BCUT2D eigenvalue weighted by atomic mass is 32.2. The molecule has 4 nitrogen and oxygen atoms in total. The molecule has 0 bridgehead atoms. The van der Waals surface area contributed by atoms with E-state index in [-0.39, 0.29) is 5.75 Å². The van der Waals surface area contributed by atoms with Gasteiger partial charge in [0.1, 0.15) is 0 Å². The van der Waals surface area contributed by atoms with Crippen molar-refractivity contribution >= 4 is 15.5 Å². The van der Waals surface area contributed by atoms with E-state index in [1.807, 2.05) is 19.2 Å². The molecule has 1 N–H and O–H groups in total. The average Bonchev–Trinajstić information content (AvgIpc) is 3.23. The minimum atomic E-state index is -3.09. The van der Waals surface area contributed by atoms with Crippen LogP contribution in [0.1, 0.15) is 19.8 Å². The van der Waals surface area contributed by atoms with Crippen molar-refractivity contribution in [1.29, 1.82) is 0 Å². The van der Waals surface area contributed by atoms with Crippen LogP contribution in [-0.2, 0) is 9.84 Å². The van der Waals surface area contributed by atoms with Crippen LogP contribution >= 0.6 is 0 Å². The Morgan fingerprint density at radius 2 is 1.89 bits per heavy atom. The van der Waals surface area contributed by atoms with E-state index in [0.717, 1.165) is 24.8 Å². The lowest BCUT2D eigenvalue weighted by Crippen LogP contribution is -2.30. The minimum Gasteiger partial charge on any atom is -0.373 e. The Morgan fingerprint density at radius 1 is 1.26 bits per heavy atom. The zero-order valence-corrected chi connectivity index (χ0v) is 12.4. The summed E-state index contributed by atoms with van der Waals surface area (Å²) in [6.07, 6.45) is 2.60. The Morgan fingerprint density at radius 3 is 2.42 bits per heavy atom. The van der Waals surface area contributed by atoms with Gasteiger partial charge < -0.3 is 10.2 Å². The molecule has 0 radical (unpaired) electrons. The maximum Gasteiger partial charge on any atom is 0.178 e. The Bertz CT molecular complexity index is 507. The van der Waals surface area contributed by atoms with E-state index in [1.165, 1.54) is 12.8 Å². The summed E-state index contributed by atoms with van der Waals surface area (Å²) in [7, 11) is -1.07. The van der Waals surface area contributed by atoms with Crippen molar-refractivity contribution < 1.29 is 8.42 Å². The van der Waals surface area contributed by atoms with Crippen molar-refractivity contribution in [3.05, 3.63) is 24.3 Å². The largest absolute Gasteiger partial charge is 0.373 e. The van der Waals surface area contributed by atoms with Crippen LogP contribution in [0.4, 0.5) is 5.69 Å². The van der Waals surface area contributed by atoms with Gasteiger partial charge in [0, 0.05) is 31.9 Å². The van der Waals surface area contributed by atoms with Gasteiger partial charge in [0.25, 0.3) is 0 Å². The van der Waals surface area contributed by atoms with Crippen LogP contribution in [0.3, 0.4) is 0 Å². The van der Waals surface area contributed by atoms with Gasteiger partial charge in [-0.3, -0.25) is 0 Å². The van der Waals surface area contributed by atoms with Crippen LogP contribution in [0.5, 0.6) is 0 Å². The van der Waals surface area contributed by atoms with Gasteiger partial charge in [0.2, 0.25) is 0 Å². The van der Waals surface area contributed by atoms with Crippen LogP contribution in [0.15, 0.2) is 29.2 Å². The first-order valence-corrected chi connectivity index (χ1v) is 8.45. The lowest BCUT2D eigenvalue weighted by Gasteiger charge is -2.19. The second kappa shape index (κ2) is 5.92. The van der Waals surface area contributed by atoms with Crippen molar-refractivity contribution in [2.45, 2.75) is 30.7 Å². The molecule has 1 fully saturated rings. The molecule has 0 spiro atoms. The SMILES string of the molecule is CCS(=O)(=O)c1ccc(N(C)CCNC2CC2)cc1. The summed E-state index contributed by atoms with van der Waals surface area (Å²) in [6.45, 7) is 3.56. The molecule has 0 heterocycles. The lowest BCUT2D eigenvalue weighted by molar-refractivity contribution is 0.597. The summed E-state index contributed by atoms with van der Waals surface area (Å²) < 4.78 is 23.4. The van der Waals surface area contributed by atoms with Crippen molar-refractivity contribution in [2.75, 3.05) is 30.8 Å². The first-order chi connectivity index (χ1) is 9.03. The smallest absolute Gasteiger partial charge is 0.178 e. The Balaban J connectivity index is 1.92. The zero-order valence-electron chi connectivity index (χ0n) is 11.6. The molecule has 0 aliphatic heterocycles. The average molecular weight is 282 g/mol. The molecule has 106 valence electrons. The standard InChI is InChI=1S/C14H22N2O2S/c1-3-19(17,18)14-8-6-13(7-9-14)16(2)11-10-15-12-4-5-12/h6-9,12,15H,3-5,10-11H2,1-2H3. The summed E-state index contributed by atoms with van der Waals surface area (Å²) in [5, 5.41) is 3.46. The molecule has 1 saturated carbocycles.